The number of thiophene rings is 2. The number of anilines is 2. The molecule has 0 unspecified atom stereocenters. The van der Waals surface area contributed by atoms with Gasteiger partial charge in [-0.1, -0.05) is 18.2 Å². The van der Waals surface area contributed by atoms with E-state index in [4.69, 9.17) is 9.47 Å². The summed E-state index contributed by atoms with van der Waals surface area (Å²) in [6.07, 6.45) is 3.53. The number of hydrogen-bond acceptors (Lipinski definition) is 9. The number of nitrogens with one attached hydrogen (secondary N) is 2. The van der Waals surface area contributed by atoms with Crippen LogP contribution in [0.4, 0.5) is 10.7 Å². The van der Waals surface area contributed by atoms with Gasteiger partial charge >= 0.3 is 11.9 Å². The Morgan fingerprint density at radius 2 is 1.78 bits per heavy atom. The number of fused-ring (bicyclic) bond motifs is 1. The number of sulfonamides is 1. The van der Waals surface area contributed by atoms with Gasteiger partial charge in [0, 0.05) is 4.88 Å². The van der Waals surface area contributed by atoms with E-state index in [2.05, 4.69) is 10.0 Å². The van der Waals surface area contributed by atoms with Crippen LogP contribution in [0.1, 0.15) is 50.9 Å². The van der Waals surface area contributed by atoms with Crippen LogP contribution in [0.5, 0.6) is 0 Å². The number of ether oxygens (including phenoxy) is 2. The van der Waals surface area contributed by atoms with E-state index in [1.807, 2.05) is 0 Å². The van der Waals surface area contributed by atoms with Crippen molar-refractivity contribution < 1.29 is 32.3 Å². The summed E-state index contributed by atoms with van der Waals surface area (Å²) in [6.45, 7) is 1.31. The first kappa shape index (κ1) is 25.9. The maximum Gasteiger partial charge on any atom is 0.341 e. The van der Waals surface area contributed by atoms with Gasteiger partial charge in [-0.2, -0.15) is 0 Å². The molecule has 4 rings (SSSR count). The summed E-state index contributed by atoms with van der Waals surface area (Å²) in [7, 11) is -3.88. The second kappa shape index (κ2) is 11.2. The highest BCUT2D eigenvalue weighted by Crippen LogP contribution is 2.38. The van der Waals surface area contributed by atoms with Crippen molar-refractivity contribution in [2.45, 2.75) is 36.8 Å². The number of carbonyl (C=O) groups excluding carboxylic acids is 3. The molecule has 2 N–H and O–H groups in total. The molecule has 1 aromatic carbocycles. The highest BCUT2D eigenvalue weighted by molar-refractivity contribution is 7.94. The molecule has 190 valence electrons. The first-order chi connectivity index (χ1) is 17.3. The van der Waals surface area contributed by atoms with E-state index in [0.29, 0.717) is 10.6 Å². The van der Waals surface area contributed by atoms with E-state index in [1.165, 1.54) is 29.5 Å². The molecule has 0 bridgehead atoms. The number of rotatable bonds is 9. The van der Waals surface area contributed by atoms with Gasteiger partial charge in [-0.25, -0.2) is 18.0 Å². The van der Waals surface area contributed by atoms with Crippen molar-refractivity contribution in [3.63, 3.8) is 0 Å². The van der Waals surface area contributed by atoms with Crippen LogP contribution in [0.15, 0.2) is 46.0 Å². The van der Waals surface area contributed by atoms with Crippen LogP contribution in [-0.2, 0) is 37.1 Å². The second-order valence-corrected chi connectivity index (χ2v) is 11.8. The van der Waals surface area contributed by atoms with E-state index < -0.39 is 34.5 Å². The summed E-state index contributed by atoms with van der Waals surface area (Å²) < 4.78 is 38.0. The molecule has 12 heteroatoms. The third kappa shape index (κ3) is 5.77. The Labute approximate surface area is 216 Å². The zero-order valence-corrected chi connectivity index (χ0v) is 21.8. The number of benzene rings is 1. The second-order valence-electron chi connectivity index (χ2n) is 7.84. The van der Waals surface area contributed by atoms with Crippen molar-refractivity contribution in [1.82, 2.24) is 0 Å². The zero-order chi connectivity index (χ0) is 25.7. The molecule has 2 aromatic heterocycles. The van der Waals surface area contributed by atoms with Gasteiger partial charge in [0.05, 0.1) is 23.4 Å². The highest BCUT2D eigenvalue weighted by atomic mass is 32.2. The topological polar surface area (TPSA) is 128 Å². The number of aryl methyl sites for hydroxylation is 1. The molecule has 0 fully saturated rings. The van der Waals surface area contributed by atoms with Gasteiger partial charge < -0.3 is 14.8 Å². The number of hydrogen-bond donors (Lipinski definition) is 2. The van der Waals surface area contributed by atoms with E-state index in [1.54, 1.807) is 30.5 Å². The molecule has 0 radical (unpaired) electrons. The Morgan fingerprint density at radius 3 is 2.53 bits per heavy atom. The van der Waals surface area contributed by atoms with Gasteiger partial charge in [0.1, 0.15) is 9.21 Å². The molecule has 0 saturated carbocycles. The van der Waals surface area contributed by atoms with E-state index >= 15 is 0 Å². The first-order valence-corrected chi connectivity index (χ1v) is 14.4. The first-order valence-electron chi connectivity index (χ1n) is 11.2. The molecule has 3 aromatic rings. The third-order valence-electron chi connectivity index (χ3n) is 5.39. The van der Waals surface area contributed by atoms with E-state index in [-0.39, 0.29) is 22.1 Å². The van der Waals surface area contributed by atoms with Crippen LogP contribution in [-0.4, -0.2) is 39.5 Å². The lowest BCUT2D eigenvalue weighted by atomic mass is 9.95. The summed E-state index contributed by atoms with van der Waals surface area (Å²) in [5.41, 5.74) is 1.27. The Bertz CT molecular complexity index is 1380. The molecule has 0 aliphatic heterocycles. The lowest BCUT2D eigenvalue weighted by Crippen LogP contribution is -2.22. The van der Waals surface area contributed by atoms with Crippen molar-refractivity contribution in [3.8, 4) is 0 Å². The third-order valence-corrected chi connectivity index (χ3v) is 9.36. The van der Waals surface area contributed by atoms with Gasteiger partial charge in [-0.3, -0.25) is 9.52 Å². The fourth-order valence-corrected chi connectivity index (χ4v) is 7.17. The monoisotopic (exact) mass is 548 g/mol. The minimum absolute atomic E-state index is 0.0341. The van der Waals surface area contributed by atoms with Crippen LogP contribution in [0, 0.1) is 0 Å². The maximum absolute atomic E-state index is 12.7. The molecule has 1 amide bonds. The molecule has 0 saturated heterocycles. The minimum Gasteiger partial charge on any atom is -0.462 e. The number of carbonyl (C=O) groups is 3. The summed E-state index contributed by atoms with van der Waals surface area (Å²) >= 11 is 2.38. The normalized spacial score (nSPS) is 12.9. The molecule has 9 nitrogen and oxygen atoms in total. The Hall–Kier alpha value is -3.22. The zero-order valence-electron chi connectivity index (χ0n) is 19.4. The Kier molecular flexibility index (Phi) is 8.07. The Morgan fingerprint density at radius 1 is 1.00 bits per heavy atom. The van der Waals surface area contributed by atoms with Crippen LogP contribution in [0.3, 0.4) is 0 Å². The molecule has 1 aliphatic rings. The lowest BCUT2D eigenvalue weighted by Gasteiger charge is -2.13. The lowest BCUT2D eigenvalue weighted by molar-refractivity contribution is -0.119. The van der Waals surface area contributed by atoms with Gasteiger partial charge in [-0.05, 0) is 61.7 Å². The maximum atomic E-state index is 12.7. The van der Waals surface area contributed by atoms with Gasteiger partial charge in [0.25, 0.3) is 15.9 Å². The average Bonchev–Trinajstić information content (AvgIpc) is 3.51. The summed E-state index contributed by atoms with van der Waals surface area (Å²) in [6, 6.07) is 9.02. The van der Waals surface area contributed by atoms with E-state index in [0.717, 1.165) is 47.5 Å². The van der Waals surface area contributed by atoms with Crippen LogP contribution in [0.25, 0.3) is 0 Å². The molecule has 2 heterocycles. The SMILES string of the molecule is CCOC(=O)c1c(NC(=O)COC(=O)c2ccccc2NS(=O)(=O)c2cccs2)sc2c1CCCC2. The minimum atomic E-state index is -3.88. The molecule has 0 atom stereocenters. The van der Waals surface area contributed by atoms with Crippen LogP contribution in [0.2, 0.25) is 0 Å². The Balaban J connectivity index is 1.44. The van der Waals surface area contributed by atoms with Gasteiger partial charge in [-0.15, -0.1) is 22.7 Å². The highest BCUT2D eigenvalue weighted by Gasteiger charge is 2.27. The quantitative estimate of drug-likeness (QED) is 0.378. The van der Waals surface area contributed by atoms with Crippen LogP contribution < -0.4 is 10.0 Å². The predicted octanol–water partition coefficient (Wildman–Crippen LogP) is 4.46. The van der Waals surface area contributed by atoms with Crippen molar-refractivity contribution >= 4 is 61.2 Å². The molecule has 1 aliphatic carbocycles. The van der Waals surface area contributed by atoms with Crippen molar-refractivity contribution in [1.29, 1.82) is 0 Å². The summed E-state index contributed by atoms with van der Waals surface area (Å²) in [5.74, 6) is -1.98. The number of esters is 2. The largest absolute Gasteiger partial charge is 0.462 e. The predicted molar refractivity (Wildman–Crippen MR) is 137 cm³/mol. The standard InChI is InChI=1S/C24H24N2O7S3/c1-2-32-24(29)21-16-9-4-6-11-18(16)35-22(21)25-19(27)14-33-23(28)15-8-3-5-10-17(15)26-36(30,31)20-12-7-13-34-20/h3,5,7-8,10,12-13,26H,2,4,6,9,11,14H2,1H3,(H,25,27). The fraction of sp³-hybridized carbons (Fsp3) is 0.292. The van der Waals surface area contributed by atoms with Crippen molar-refractivity contribution in [2.24, 2.45) is 0 Å². The summed E-state index contributed by atoms with van der Waals surface area (Å²) in [5, 5.41) is 4.69. The number of para-hydroxylation sites is 1. The van der Waals surface area contributed by atoms with Gasteiger partial charge in [0.15, 0.2) is 6.61 Å². The smallest absolute Gasteiger partial charge is 0.341 e. The molecular formula is C24H24N2O7S3. The molecule has 0 spiro atoms. The van der Waals surface area contributed by atoms with Crippen molar-refractivity contribution in [3.05, 3.63) is 63.3 Å². The van der Waals surface area contributed by atoms with Crippen LogP contribution >= 0.6 is 22.7 Å². The summed E-state index contributed by atoms with van der Waals surface area (Å²) in [4.78, 5) is 38.9. The van der Waals surface area contributed by atoms with E-state index in [9.17, 15) is 22.8 Å². The fourth-order valence-electron chi connectivity index (χ4n) is 3.81. The van der Waals surface area contributed by atoms with Crippen molar-refractivity contribution in [2.75, 3.05) is 23.3 Å². The molecular weight excluding hydrogens is 524 g/mol. The average molecular weight is 549 g/mol. The number of amides is 1. The molecule has 36 heavy (non-hydrogen) atoms. The van der Waals surface area contributed by atoms with Gasteiger partial charge in [0.2, 0.25) is 0 Å².